The number of hydrogen-bond acceptors (Lipinski definition) is 6. The van der Waals surface area contributed by atoms with Gasteiger partial charge in [-0.3, -0.25) is 20.2 Å². The highest BCUT2D eigenvalue weighted by Crippen LogP contribution is 2.44. The minimum Gasteiger partial charge on any atom is -0.453 e. The molecule has 0 aromatic heterocycles. The van der Waals surface area contributed by atoms with Gasteiger partial charge in [-0.1, -0.05) is 48.9 Å². The molecular weight excluding hydrogens is 548 g/mol. The van der Waals surface area contributed by atoms with Crippen molar-refractivity contribution in [3.8, 4) is 0 Å². The van der Waals surface area contributed by atoms with Crippen LogP contribution in [-0.4, -0.2) is 55.1 Å². The van der Waals surface area contributed by atoms with Crippen molar-refractivity contribution in [3.63, 3.8) is 0 Å². The molecule has 3 atom stereocenters. The summed E-state index contributed by atoms with van der Waals surface area (Å²) in [6.45, 7) is 2.32. The molecule has 3 aromatic carbocycles. The molecule has 11 heteroatoms. The second kappa shape index (κ2) is 11.5. The maximum atomic E-state index is 14.1. The number of fused-ring (bicyclic) bond motifs is 2. The van der Waals surface area contributed by atoms with E-state index in [-0.39, 0.29) is 18.4 Å². The molecule has 3 aromatic rings. The van der Waals surface area contributed by atoms with E-state index in [1.807, 2.05) is 37.3 Å². The van der Waals surface area contributed by atoms with E-state index in [4.69, 9.17) is 16.3 Å². The SMILES string of the molecule is COC(=O)Nc1ccc(C(=O)N[C@H](C(=O)N2CCC3(C2)OC(=O)Nc2ccc(Cl)cc23)[C@H](C)c2ccccc2)cc1. The Hall–Kier alpha value is -4.57. The molecule has 10 nitrogen and oxygen atoms in total. The van der Waals surface area contributed by atoms with Crippen molar-refractivity contribution in [1.29, 1.82) is 0 Å². The summed E-state index contributed by atoms with van der Waals surface area (Å²) in [7, 11) is 1.26. The van der Waals surface area contributed by atoms with Gasteiger partial charge in [0.15, 0.2) is 5.60 Å². The number of halogens is 1. The molecule has 0 radical (unpaired) electrons. The minimum absolute atomic E-state index is 0.119. The second-order valence-corrected chi connectivity index (χ2v) is 10.5. The number of amides is 4. The van der Waals surface area contributed by atoms with Gasteiger partial charge in [0, 0.05) is 40.7 Å². The Bertz CT molecular complexity index is 1480. The quantitative estimate of drug-likeness (QED) is 0.374. The van der Waals surface area contributed by atoms with Crippen molar-refractivity contribution in [1.82, 2.24) is 10.2 Å². The molecule has 2 aliphatic heterocycles. The van der Waals surface area contributed by atoms with E-state index in [1.165, 1.54) is 7.11 Å². The van der Waals surface area contributed by atoms with Crippen molar-refractivity contribution >= 4 is 47.0 Å². The van der Waals surface area contributed by atoms with Crippen LogP contribution in [0.1, 0.15) is 40.7 Å². The fourth-order valence-electron chi connectivity index (χ4n) is 5.29. The van der Waals surface area contributed by atoms with Gasteiger partial charge in [0.05, 0.1) is 19.3 Å². The molecule has 0 saturated carbocycles. The number of carbonyl (C=O) groups excluding carboxylic acids is 4. The average Bonchev–Trinajstić information content (AvgIpc) is 3.40. The van der Waals surface area contributed by atoms with Gasteiger partial charge in [-0.05, 0) is 48.0 Å². The standard InChI is InChI=1S/C30H29ClN4O6/c1-18(19-6-4-3-5-7-19)25(34-26(36)20-8-11-22(12-9-20)32-28(38)40-2)27(37)35-15-14-30(17-35)23-16-21(31)10-13-24(23)33-29(39)41-30/h3-13,16,18,25H,14-15,17H2,1-2H3,(H,32,38)(H,33,39)(H,34,36)/t18-,25+,30?/m1/s1. The summed E-state index contributed by atoms with van der Waals surface area (Å²) >= 11 is 6.27. The lowest BCUT2D eigenvalue weighted by molar-refractivity contribution is -0.133. The smallest absolute Gasteiger partial charge is 0.412 e. The van der Waals surface area contributed by atoms with Crippen LogP contribution in [0.5, 0.6) is 0 Å². The molecule has 2 aliphatic rings. The van der Waals surface area contributed by atoms with Crippen LogP contribution >= 0.6 is 11.6 Å². The van der Waals surface area contributed by atoms with E-state index in [1.54, 1.807) is 47.4 Å². The van der Waals surface area contributed by atoms with Crippen LogP contribution in [0.15, 0.2) is 72.8 Å². The first-order valence-corrected chi connectivity index (χ1v) is 13.5. The monoisotopic (exact) mass is 576 g/mol. The lowest BCUT2D eigenvalue weighted by Gasteiger charge is -2.36. The van der Waals surface area contributed by atoms with E-state index in [9.17, 15) is 19.2 Å². The third-order valence-electron chi connectivity index (χ3n) is 7.50. The van der Waals surface area contributed by atoms with Crippen LogP contribution in [0.3, 0.4) is 0 Å². The number of nitrogens with one attached hydrogen (secondary N) is 3. The fourth-order valence-corrected chi connectivity index (χ4v) is 5.46. The summed E-state index contributed by atoms with van der Waals surface area (Å²) in [5.41, 5.74) is 1.89. The Morgan fingerprint density at radius 3 is 2.51 bits per heavy atom. The zero-order chi connectivity index (χ0) is 29.1. The van der Waals surface area contributed by atoms with Crippen LogP contribution in [0, 0.1) is 0 Å². The number of methoxy groups -OCH3 is 1. The second-order valence-electron chi connectivity index (χ2n) is 10.1. The highest BCUT2D eigenvalue weighted by atomic mass is 35.5. The number of ether oxygens (including phenoxy) is 2. The molecule has 0 aliphatic carbocycles. The van der Waals surface area contributed by atoms with Gasteiger partial charge >= 0.3 is 12.2 Å². The van der Waals surface area contributed by atoms with Crippen LogP contribution in [0.25, 0.3) is 0 Å². The molecule has 1 unspecified atom stereocenters. The van der Waals surface area contributed by atoms with Crippen molar-refractivity contribution in [2.24, 2.45) is 0 Å². The zero-order valence-electron chi connectivity index (χ0n) is 22.5. The maximum absolute atomic E-state index is 14.1. The zero-order valence-corrected chi connectivity index (χ0v) is 23.2. The third kappa shape index (κ3) is 5.83. The number of hydrogen-bond donors (Lipinski definition) is 3. The number of anilines is 2. The van der Waals surface area contributed by atoms with Gasteiger partial charge in [-0.15, -0.1) is 0 Å². The van der Waals surface area contributed by atoms with Crippen molar-refractivity contribution in [3.05, 3.63) is 94.5 Å². The fraction of sp³-hybridized carbons (Fsp3) is 0.267. The van der Waals surface area contributed by atoms with Crippen LogP contribution < -0.4 is 16.0 Å². The first kappa shape index (κ1) is 28.0. The summed E-state index contributed by atoms with van der Waals surface area (Å²) in [5, 5.41) is 8.64. The molecule has 0 bridgehead atoms. The van der Waals surface area contributed by atoms with E-state index in [0.29, 0.717) is 40.5 Å². The van der Waals surface area contributed by atoms with E-state index in [2.05, 4.69) is 20.7 Å². The van der Waals surface area contributed by atoms with Crippen molar-refractivity contribution < 1.29 is 28.7 Å². The molecule has 1 spiro atoms. The summed E-state index contributed by atoms with van der Waals surface area (Å²) < 4.78 is 10.4. The Balaban J connectivity index is 1.40. The molecule has 212 valence electrons. The first-order chi connectivity index (χ1) is 19.7. The van der Waals surface area contributed by atoms with Crippen LogP contribution in [0.2, 0.25) is 5.02 Å². The lowest BCUT2D eigenvalue weighted by atomic mass is 9.89. The Morgan fingerprint density at radius 2 is 1.80 bits per heavy atom. The highest BCUT2D eigenvalue weighted by molar-refractivity contribution is 6.30. The molecule has 4 amide bonds. The summed E-state index contributed by atoms with van der Waals surface area (Å²) in [5.74, 6) is -1.12. The molecule has 5 rings (SSSR count). The largest absolute Gasteiger partial charge is 0.453 e. The molecular formula is C30H29ClN4O6. The predicted molar refractivity (Wildman–Crippen MR) is 153 cm³/mol. The van der Waals surface area contributed by atoms with Crippen molar-refractivity contribution in [2.75, 3.05) is 30.8 Å². The lowest BCUT2D eigenvalue weighted by Crippen LogP contribution is -2.51. The van der Waals surface area contributed by atoms with E-state index < -0.39 is 29.7 Å². The number of carbonyl (C=O) groups is 4. The summed E-state index contributed by atoms with van der Waals surface area (Å²) in [4.78, 5) is 53.0. The van der Waals surface area contributed by atoms with Gasteiger partial charge in [0.25, 0.3) is 5.91 Å². The molecule has 1 fully saturated rings. The van der Waals surface area contributed by atoms with Gasteiger partial charge in [-0.25, -0.2) is 9.59 Å². The Labute approximate surface area is 241 Å². The van der Waals surface area contributed by atoms with Gasteiger partial charge < -0.3 is 19.7 Å². The summed E-state index contributed by atoms with van der Waals surface area (Å²) in [6, 6.07) is 19.9. The molecule has 3 N–H and O–H groups in total. The van der Waals surface area contributed by atoms with Crippen LogP contribution in [-0.2, 0) is 19.9 Å². The van der Waals surface area contributed by atoms with E-state index >= 15 is 0 Å². The molecule has 1 saturated heterocycles. The maximum Gasteiger partial charge on any atom is 0.412 e. The highest BCUT2D eigenvalue weighted by Gasteiger charge is 2.50. The van der Waals surface area contributed by atoms with E-state index in [0.717, 1.165) is 5.56 Å². The normalized spacial score (nSPS) is 18.9. The number of benzene rings is 3. The topological polar surface area (TPSA) is 126 Å². The molecule has 2 heterocycles. The van der Waals surface area contributed by atoms with Gasteiger partial charge in [0.2, 0.25) is 5.91 Å². The van der Waals surface area contributed by atoms with Crippen molar-refractivity contribution in [2.45, 2.75) is 30.9 Å². The Kier molecular flexibility index (Phi) is 7.85. The van der Waals surface area contributed by atoms with Gasteiger partial charge in [0.1, 0.15) is 6.04 Å². The first-order valence-electron chi connectivity index (χ1n) is 13.1. The van der Waals surface area contributed by atoms with Gasteiger partial charge in [-0.2, -0.15) is 0 Å². The minimum atomic E-state index is -1.05. The number of rotatable bonds is 6. The third-order valence-corrected chi connectivity index (χ3v) is 7.73. The Morgan fingerprint density at radius 1 is 1.07 bits per heavy atom. The molecule has 41 heavy (non-hydrogen) atoms. The average molecular weight is 577 g/mol. The predicted octanol–water partition coefficient (Wildman–Crippen LogP) is 5.11. The number of likely N-dealkylation sites (tertiary alicyclic amines) is 1. The van der Waals surface area contributed by atoms with Crippen LogP contribution in [0.4, 0.5) is 21.0 Å². The summed E-state index contributed by atoms with van der Waals surface area (Å²) in [6.07, 6.45) is -0.840. The number of nitrogens with zero attached hydrogens (tertiary/aromatic N) is 1.